The lowest BCUT2D eigenvalue weighted by Crippen LogP contribution is -2.41. The van der Waals surface area contributed by atoms with Gasteiger partial charge in [-0.1, -0.05) is 27.2 Å². The van der Waals surface area contributed by atoms with E-state index in [-0.39, 0.29) is 43.4 Å². The van der Waals surface area contributed by atoms with E-state index in [0.717, 1.165) is 18.6 Å². The molecule has 0 spiro atoms. The number of ketones is 1. The van der Waals surface area contributed by atoms with Gasteiger partial charge < -0.3 is 26.4 Å². The Labute approximate surface area is 198 Å². The SMILES string of the molecule is CC(C)(C)C(=O)C(=O)NCCCC[C@H](NC(=O)CCCC[C@@H]1SC[C@H]2NC(=O)N[C@H]12)C(=O)O. The number of urea groups is 1. The van der Waals surface area contributed by atoms with Crippen molar-refractivity contribution in [2.45, 2.75) is 89.1 Å². The Bertz CT molecular complexity index is 754. The lowest BCUT2D eigenvalue weighted by atomic mass is 9.90. The van der Waals surface area contributed by atoms with Gasteiger partial charge in [-0.3, -0.25) is 14.4 Å². The summed E-state index contributed by atoms with van der Waals surface area (Å²) in [7, 11) is 0. The van der Waals surface area contributed by atoms with Crippen molar-refractivity contribution in [1.82, 2.24) is 21.3 Å². The molecule has 0 bridgehead atoms. The van der Waals surface area contributed by atoms with Gasteiger partial charge in [-0.05, 0) is 32.1 Å². The molecule has 0 aromatic heterocycles. The molecule has 0 radical (unpaired) electrons. The zero-order chi connectivity index (χ0) is 24.6. The number of thioether (sulfide) groups is 1. The molecule has 11 heteroatoms. The highest BCUT2D eigenvalue weighted by molar-refractivity contribution is 8.00. The first-order chi connectivity index (χ1) is 15.5. The zero-order valence-corrected chi connectivity index (χ0v) is 20.4. The van der Waals surface area contributed by atoms with Crippen LogP contribution in [0.1, 0.15) is 65.7 Å². The minimum absolute atomic E-state index is 0.116. The highest BCUT2D eigenvalue weighted by Crippen LogP contribution is 2.33. The van der Waals surface area contributed by atoms with Crippen LogP contribution in [0, 0.1) is 5.41 Å². The van der Waals surface area contributed by atoms with Crippen LogP contribution in [0.5, 0.6) is 0 Å². The molecule has 4 atom stereocenters. The maximum atomic E-state index is 12.2. The molecule has 4 amide bonds. The predicted molar refractivity (Wildman–Crippen MR) is 125 cm³/mol. The van der Waals surface area contributed by atoms with Crippen LogP contribution in [0.3, 0.4) is 0 Å². The lowest BCUT2D eigenvalue weighted by molar-refractivity contribution is -0.142. The molecular weight excluding hydrogens is 448 g/mol. The van der Waals surface area contributed by atoms with Crippen LogP contribution in [0.25, 0.3) is 0 Å². The first kappa shape index (κ1) is 26.9. The molecule has 186 valence electrons. The van der Waals surface area contributed by atoms with Crippen molar-refractivity contribution in [1.29, 1.82) is 0 Å². The minimum atomic E-state index is -1.09. The second kappa shape index (κ2) is 12.2. The maximum Gasteiger partial charge on any atom is 0.326 e. The van der Waals surface area contributed by atoms with Crippen molar-refractivity contribution in [3.63, 3.8) is 0 Å². The van der Waals surface area contributed by atoms with E-state index >= 15 is 0 Å². The summed E-state index contributed by atoms with van der Waals surface area (Å²) in [6.07, 6.45) is 3.88. The van der Waals surface area contributed by atoms with Crippen LogP contribution in [0.2, 0.25) is 0 Å². The Balaban J connectivity index is 1.59. The summed E-state index contributed by atoms with van der Waals surface area (Å²) in [6, 6.07) is -0.769. The van der Waals surface area contributed by atoms with Crippen molar-refractivity contribution in [2.75, 3.05) is 12.3 Å². The monoisotopic (exact) mass is 484 g/mol. The number of Topliss-reactive ketones (excluding diaryl/α,β-unsaturated/α-hetero) is 1. The van der Waals surface area contributed by atoms with E-state index in [1.165, 1.54) is 0 Å². The van der Waals surface area contributed by atoms with Crippen molar-refractivity contribution in [2.24, 2.45) is 5.41 Å². The average molecular weight is 485 g/mol. The van der Waals surface area contributed by atoms with E-state index in [4.69, 9.17) is 0 Å². The summed E-state index contributed by atoms with van der Waals surface area (Å²) < 4.78 is 0. The molecule has 2 rings (SSSR count). The molecule has 2 heterocycles. The van der Waals surface area contributed by atoms with E-state index < -0.39 is 29.1 Å². The molecule has 5 N–H and O–H groups in total. The summed E-state index contributed by atoms with van der Waals surface area (Å²) in [5, 5.41) is 20.7. The van der Waals surface area contributed by atoms with E-state index in [0.29, 0.717) is 24.5 Å². The summed E-state index contributed by atoms with van der Waals surface area (Å²) in [6.45, 7) is 5.29. The van der Waals surface area contributed by atoms with Gasteiger partial charge >= 0.3 is 12.0 Å². The van der Waals surface area contributed by atoms with Crippen LogP contribution in [0.15, 0.2) is 0 Å². The van der Waals surface area contributed by atoms with Crippen molar-refractivity contribution >= 4 is 41.4 Å². The number of carbonyl (C=O) groups is 5. The minimum Gasteiger partial charge on any atom is -0.480 e. The van der Waals surface area contributed by atoms with Gasteiger partial charge in [0, 0.05) is 29.4 Å². The number of carboxylic acid groups (broad SMARTS) is 1. The predicted octanol–water partition coefficient (Wildman–Crippen LogP) is 1.18. The van der Waals surface area contributed by atoms with Gasteiger partial charge in [-0.15, -0.1) is 0 Å². The third kappa shape index (κ3) is 8.53. The number of nitrogens with one attached hydrogen (secondary N) is 4. The molecule has 2 aliphatic heterocycles. The van der Waals surface area contributed by atoms with E-state index in [9.17, 15) is 29.1 Å². The number of fused-ring (bicyclic) bond motifs is 1. The van der Waals surface area contributed by atoms with Crippen LogP contribution >= 0.6 is 11.8 Å². The number of unbranched alkanes of at least 4 members (excludes halogenated alkanes) is 2. The van der Waals surface area contributed by atoms with E-state index in [2.05, 4.69) is 21.3 Å². The van der Waals surface area contributed by atoms with E-state index in [1.807, 2.05) is 11.8 Å². The molecule has 0 saturated carbocycles. The number of rotatable bonds is 13. The number of hydrogen-bond donors (Lipinski definition) is 5. The zero-order valence-electron chi connectivity index (χ0n) is 19.6. The normalized spacial score (nSPS) is 22.6. The molecule has 0 unspecified atom stereocenters. The number of aliphatic carboxylic acids is 1. The van der Waals surface area contributed by atoms with Gasteiger partial charge in [0.25, 0.3) is 5.91 Å². The van der Waals surface area contributed by atoms with E-state index in [1.54, 1.807) is 20.8 Å². The van der Waals surface area contributed by atoms with Crippen LogP contribution < -0.4 is 21.3 Å². The third-order valence-electron chi connectivity index (χ3n) is 5.81. The second-order valence-corrected chi connectivity index (χ2v) is 10.9. The summed E-state index contributed by atoms with van der Waals surface area (Å²) in [5.74, 6) is -1.61. The standard InChI is InChI=1S/C22H36N4O6S/c1-22(2,3)18(28)19(29)23-11-7-6-8-13(20(30)31)24-16(27)10-5-4-9-15-17-14(12-33-15)25-21(32)26-17/h13-15,17H,4-12H2,1-3H3,(H,23,29)(H,24,27)(H,30,31)(H2,25,26,32)/t13-,14+,15-,17-/m0/s1. The van der Waals surface area contributed by atoms with Crippen molar-refractivity contribution in [3.8, 4) is 0 Å². The van der Waals surface area contributed by atoms with Crippen molar-refractivity contribution in [3.05, 3.63) is 0 Å². The first-order valence-corrected chi connectivity index (χ1v) is 12.6. The average Bonchev–Trinajstić information content (AvgIpc) is 3.27. The number of carboxylic acids is 1. The van der Waals surface area contributed by atoms with Crippen LogP contribution in [-0.2, 0) is 19.2 Å². The third-order valence-corrected chi connectivity index (χ3v) is 7.32. The smallest absolute Gasteiger partial charge is 0.326 e. The number of carbonyl (C=O) groups excluding carboxylic acids is 4. The number of amides is 4. The fourth-order valence-electron chi connectivity index (χ4n) is 3.89. The first-order valence-electron chi connectivity index (χ1n) is 11.5. The molecule has 0 aromatic rings. The summed E-state index contributed by atoms with van der Waals surface area (Å²) in [5.41, 5.74) is -0.745. The summed E-state index contributed by atoms with van der Waals surface area (Å²) >= 11 is 1.83. The van der Waals surface area contributed by atoms with Crippen LogP contribution in [0.4, 0.5) is 4.79 Å². The number of hydrogen-bond acceptors (Lipinski definition) is 6. The lowest BCUT2D eigenvalue weighted by Gasteiger charge is -2.17. The fraction of sp³-hybridized carbons (Fsp3) is 0.773. The molecule has 0 aliphatic carbocycles. The molecule has 33 heavy (non-hydrogen) atoms. The highest BCUT2D eigenvalue weighted by atomic mass is 32.2. The molecule has 10 nitrogen and oxygen atoms in total. The molecule has 2 aliphatic rings. The Kier molecular flexibility index (Phi) is 10.00. The largest absolute Gasteiger partial charge is 0.480 e. The van der Waals surface area contributed by atoms with Gasteiger partial charge in [0.2, 0.25) is 11.7 Å². The van der Waals surface area contributed by atoms with Gasteiger partial charge in [-0.2, -0.15) is 11.8 Å². The molecule has 0 aromatic carbocycles. The van der Waals surface area contributed by atoms with Gasteiger partial charge in [0.1, 0.15) is 6.04 Å². The topological polar surface area (TPSA) is 154 Å². The Morgan fingerprint density at radius 1 is 1.12 bits per heavy atom. The Morgan fingerprint density at radius 2 is 1.85 bits per heavy atom. The quantitative estimate of drug-likeness (QED) is 0.149. The fourth-order valence-corrected chi connectivity index (χ4v) is 5.44. The second-order valence-electron chi connectivity index (χ2n) is 9.66. The molecular formula is C22H36N4O6S. The maximum absolute atomic E-state index is 12.2. The van der Waals surface area contributed by atoms with Gasteiger partial charge in [0.15, 0.2) is 0 Å². The van der Waals surface area contributed by atoms with Crippen LogP contribution in [-0.4, -0.2) is 70.4 Å². The Morgan fingerprint density at radius 3 is 2.52 bits per heavy atom. The molecule has 2 saturated heterocycles. The van der Waals surface area contributed by atoms with Gasteiger partial charge in [-0.25, -0.2) is 9.59 Å². The molecule has 2 fully saturated rings. The van der Waals surface area contributed by atoms with Gasteiger partial charge in [0.05, 0.1) is 12.1 Å². The summed E-state index contributed by atoms with van der Waals surface area (Å²) in [4.78, 5) is 58.7. The Hall–Kier alpha value is -2.30. The highest BCUT2D eigenvalue weighted by Gasteiger charge is 2.42. The van der Waals surface area contributed by atoms with Crippen molar-refractivity contribution < 1.29 is 29.1 Å².